The van der Waals surface area contributed by atoms with Crippen LogP contribution in [-0.2, 0) is 17.6 Å². The molecular weight excluding hydrogens is 262 g/mol. The average molecular weight is 285 g/mol. The normalized spacial score (nSPS) is 11.0. The van der Waals surface area contributed by atoms with Gasteiger partial charge < -0.3 is 0 Å². The first-order valence-electron chi connectivity index (χ1n) is 7.67. The van der Waals surface area contributed by atoms with Gasteiger partial charge in [-0.25, -0.2) is 0 Å². The monoisotopic (exact) mass is 285 g/mol. The van der Waals surface area contributed by atoms with E-state index in [1.54, 1.807) is 6.20 Å². The van der Waals surface area contributed by atoms with Gasteiger partial charge in [-0.05, 0) is 37.0 Å². The van der Waals surface area contributed by atoms with Gasteiger partial charge in [-0.15, -0.1) is 0 Å². The second-order valence-electron chi connectivity index (χ2n) is 5.33. The fraction of sp³-hybridized carbons (Fsp3) is 0.471. The van der Waals surface area contributed by atoms with E-state index in [0.29, 0.717) is 18.9 Å². The Balaban J connectivity index is 1.85. The number of pyridine rings is 1. The lowest BCUT2D eigenvalue weighted by atomic mass is 10.1. The van der Waals surface area contributed by atoms with Gasteiger partial charge in [-0.1, -0.05) is 19.9 Å². The summed E-state index contributed by atoms with van der Waals surface area (Å²) in [5.41, 5.74) is 1.98. The second kappa shape index (κ2) is 7.72. The van der Waals surface area contributed by atoms with Crippen LogP contribution in [0.25, 0.3) is 0 Å². The minimum absolute atomic E-state index is 0.230. The van der Waals surface area contributed by atoms with Crippen molar-refractivity contribution in [1.82, 2.24) is 14.8 Å². The summed E-state index contributed by atoms with van der Waals surface area (Å²) in [5.74, 6) is 0.230. The highest BCUT2D eigenvalue weighted by Gasteiger charge is 2.10. The number of hydrogen-bond acceptors (Lipinski definition) is 3. The molecule has 0 saturated heterocycles. The number of carbonyl (C=O) groups excluding carboxylic acids is 1. The van der Waals surface area contributed by atoms with E-state index < -0.39 is 0 Å². The number of rotatable bonds is 8. The van der Waals surface area contributed by atoms with Crippen LogP contribution in [0.5, 0.6) is 0 Å². The lowest BCUT2D eigenvalue weighted by Crippen LogP contribution is -2.09. The van der Waals surface area contributed by atoms with Crippen molar-refractivity contribution in [1.29, 1.82) is 0 Å². The number of nitrogens with zero attached hydrogens (tertiary/aromatic N) is 3. The van der Waals surface area contributed by atoms with Gasteiger partial charge in [0.15, 0.2) is 0 Å². The predicted octanol–water partition coefficient (Wildman–Crippen LogP) is 3.38. The maximum Gasteiger partial charge on any atom is 0.139 e. The fourth-order valence-electron chi connectivity index (χ4n) is 2.46. The minimum atomic E-state index is 0.230. The third-order valence-electron chi connectivity index (χ3n) is 3.77. The molecule has 0 amide bonds. The van der Waals surface area contributed by atoms with E-state index >= 15 is 0 Å². The fourth-order valence-corrected chi connectivity index (χ4v) is 2.46. The summed E-state index contributed by atoms with van der Waals surface area (Å²) in [7, 11) is 0. The number of Topliss-reactive ketones (excluding diaryl/α,β-unsaturated/α-hetero) is 1. The zero-order valence-electron chi connectivity index (χ0n) is 12.8. The lowest BCUT2D eigenvalue weighted by molar-refractivity contribution is -0.118. The van der Waals surface area contributed by atoms with Gasteiger partial charge >= 0.3 is 0 Å². The highest BCUT2D eigenvalue weighted by Crippen LogP contribution is 2.15. The van der Waals surface area contributed by atoms with E-state index in [4.69, 9.17) is 0 Å². The highest BCUT2D eigenvalue weighted by molar-refractivity contribution is 5.80. The first-order chi connectivity index (χ1) is 10.2. The second-order valence-corrected chi connectivity index (χ2v) is 5.33. The van der Waals surface area contributed by atoms with Crippen LogP contribution in [0, 0.1) is 0 Å². The Hall–Kier alpha value is -1.97. The van der Waals surface area contributed by atoms with E-state index in [-0.39, 0.29) is 5.78 Å². The molecule has 2 aromatic heterocycles. The Morgan fingerprint density at radius 3 is 2.76 bits per heavy atom. The summed E-state index contributed by atoms with van der Waals surface area (Å²) in [5, 5.41) is 4.53. The molecular formula is C17H23N3O. The molecule has 0 saturated carbocycles. The maximum absolute atomic E-state index is 12.0. The van der Waals surface area contributed by atoms with Gasteiger partial charge in [0, 0.05) is 25.0 Å². The molecule has 2 heterocycles. The standard InChI is InChI=1S/C17H23N3O/c1-3-16(4-2)20-11-9-15(19-20)12-17(21)8-7-14-6-5-10-18-13-14/h5-6,9-11,13,16H,3-4,7-8,12H2,1-2H3. The van der Waals surface area contributed by atoms with E-state index in [9.17, 15) is 4.79 Å². The van der Waals surface area contributed by atoms with Gasteiger partial charge in [0.1, 0.15) is 5.78 Å². The summed E-state index contributed by atoms with van der Waals surface area (Å²) in [6.45, 7) is 4.32. The Kier molecular flexibility index (Phi) is 5.67. The molecule has 0 atom stereocenters. The molecule has 4 heteroatoms. The molecule has 0 unspecified atom stereocenters. The van der Waals surface area contributed by atoms with Crippen LogP contribution in [0.2, 0.25) is 0 Å². The van der Waals surface area contributed by atoms with E-state index in [2.05, 4.69) is 23.9 Å². The Morgan fingerprint density at radius 1 is 1.29 bits per heavy atom. The Morgan fingerprint density at radius 2 is 2.10 bits per heavy atom. The molecule has 0 aliphatic rings. The van der Waals surface area contributed by atoms with Gasteiger partial charge in [-0.3, -0.25) is 14.5 Å². The molecule has 0 radical (unpaired) electrons. The van der Waals surface area contributed by atoms with Crippen molar-refractivity contribution in [3.8, 4) is 0 Å². The van der Waals surface area contributed by atoms with Crippen molar-refractivity contribution in [3.05, 3.63) is 48.0 Å². The number of ketones is 1. The lowest BCUT2D eigenvalue weighted by Gasteiger charge is -2.12. The predicted molar refractivity (Wildman–Crippen MR) is 83.1 cm³/mol. The van der Waals surface area contributed by atoms with Gasteiger partial charge in [-0.2, -0.15) is 5.10 Å². The quantitative estimate of drug-likeness (QED) is 0.747. The molecule has 4 nitrogen and oxygen atoms in total. The molecule has 0 aliphatic carbocycles. The molecule has 112 valence electrons. The third-order valence-corrected chi connectivity index (χ3v) is 3.77. The van der Waals surface area contributed by atoms with Crippen molar-refractivity contribution in [3.63, 3.8) is 0 Å². The van der Waals surface area contributed by atoms with Crippen molar-refractivity contribution in [2.75, 3.05) is 0 Å². The van der Waals surface area contributed by atoms with Crippen LogP contribution < -0.4 is 0 Å². The minimum Gasteiger partial charge on any atom is -0.299 e. The van der Waals surface area contributed by atoms with Crippen molar-refractivity contribution >= 4 is 5.78 Å². The number of aryl methyl sites for hydroxylation is 1. The van der Waals surface area contributed by atoms with E-state index in [0.717, 1.165) is 30.5 Å². The first kappa shape index (κ1) is 15.4. The zero-order chi connectivity index (χ0) is 15.1. The SMILES string of the molecule is CCC(CC)n1ccc(CC(=O)CCc2cccnc2)n1. The molecule has 2 rings (SSSR count). The molecule has 0 bridgehead atoms. The molecule has 0 aromatic carbocycles. The van der Waals surface area contributed by atoms with Crippen LogP contribution in [0.1, 0.15) is 50.4 Å². The van der Waals surface area contributed by atoms with Crippen LogP contribution in [0.4, 0.5) is 0 Å². The van der Waals surface area contributed by atoms with Crippen LogP contribution >= 0.6 is 0 Å². The summed E-state index contributed by atoms with van der Waals surface area (Å²) in [6, 6.07) is 6.30. The topological polar surface area (TPSA) is 47.8 Å². The number of aromatic nitrogens is 3. The van der Waals surface area contributed by atoms with Crippen molar-refractivity contribution in [2.45, 2.75) is 52.0 Å². The summed E-state index contributed by atoms with van der Waals surface area (Å²) in [6.07, 6.45) is 9.39. The van der Waals surface area contributed by atoms with Crippen molar-refractivity contribution < 1.29 is 4.79 Å². The summed E-state index contributed by atoms with van der Waals surface area (Å²) < 4.78 is 1.99. The maximum atomic E-state index is 12.0. The average Bonchev–Trinajstić information content (AvgIpc) is 2.96. The Bertz CT molecular complexity index is 558. The molecule has 21 heavy (non-hydrogen) atoms. The van der Waals surface area contributed by atoms with Crippen molar-refractivity contribution in [2.24, 2.45) is 0 Å². The summed E-state index contributed by atoms with van der Waals surface area (Å²) in [4.78, 5) is 16.1. The zero-order valence-corrected chi connectivity index (χ0v) is 12.8. The van der Waals surface area contributed by atoms with Crippen LogP contribution in [0.3, 0.4) is 0 Å². The van der Waals surface area contributed by atoms with Crippen LogP contribution in [-0.4, -0.2) is 20.5 Å². The first-order valence-corrected chi connectivity index (χ1v) is 7.67. The number of hydrogen-bond donors (Lipinski definition) is 0. The number of carbonyl (C=O) groups is 1. The van der Waals surface area contributed by atoms with Gasteiger partial charge in [0.25, 0.3) is 0 Å². The van der Waals surface area contributed by atoms with E-state index in [1.807, 2.05) is 35.3 Å². The molecule has 0 aliphatic heterocycles. The Labute approximate surface area is 126 Å². The van der Waals surface area contributed by atoms with Gasteiger partial charge in [0.2, 0.25) is 0 Å². The summed E-state index contributed by atoms with van der Waals surface area (Å²) >= 11 is 0. The van der Waals surface area contributed by atoms with Crippen LogP contribution in [0.15, 0.2) is 36.8 Å². The molecule has 2 aromatic rings. The molecule has 0 spiro atoms. The molecule has 0 fully saturated rings. The van der Waals surface area contributed by atoms with E-state index in [1.165, 1.54) is 0 Å². The smallest absolute Gasteiger partial charge is 0.139 e. The molecule has 0 N–H and O–H groups in total. The highest BCUT2D eigenvalue weighted by atomic mass is 16.1. The third kappa shape index (κ3) is 4.52. The van der Waals surface area contributed by atoms with Gasteiger partial charge in [0.05, 0.1) is 18.2 Å². The largest absolute Gasteiger partial charge is 0.299 e.